The van der Waals surface area contributed by atoms with E-state index in [1.807, 2.05) is 24.3 Å². The first-order chi connectivity index (χ1) is 11.6. The van der Waals surface area contributed by atoms with Crippen molar-refractivity contribution < 1.29 is 9.90 Å². The lowest BCUT2D eigenvalue weighted by Crippen LogP contribution is -2.30. The van der Waals surface area contributed by atoms with Crippen LogP contribution in [0.15, 0.2) is 29.1 Å². The first-order valence-electron chi connectivity index (χ1n) is 8.38. The summed E-state index contributed by atoms with van der Waals surface area (Å²) in [5.41, 5.74) is 2.20. The molecule has 1 aromatic heterocycles. The summed E-state index contributed by atoms with van der Waals surface area (Å²) in [6, 6.07) is 8.06. The molecule has 3 rings (SSSR count). The number of hydrogen-bond donors (Lipinski definition) is 3. The van der Waals surface area contributed by atoms with Gasteiger partial charge in [0.25, 0.3) is 0 Å². The van der Waals surface area contributed by atoms with E-state index in [0.717, 1.165) is 41.7 Å². The molecule has 0 bridgehead atoms. The van der Waals surface area contributed by atoms with Gasteiger partial charge in [-0.05, 0) is 30.4 Å². The van der Waals surface area contributed by atoms with Crippen molar-refractivity contribution in [2.75, 3.05) is 6.54 Å². The van der Waals surface area contributed by atoms with Crippen molar-refractivity contribution in [1.29, 1.82) is 0 Å². The van der Waals surface area contributed by atoms with Gasteiger partial charge in [-0.25, -0.2) is 0 Å². The highest BCUT2D eigenvalue weighted by atomic mass is 32.1. The van der Waals surface area contributed by atoms with Crippen molar-refractivity contribution in [1.82, 2.24) is 10.3 Å². The summed E-state index contributed by atoms with van der Waals surface area (Å²) in [6.07, 6.45) is 5.74. The summed E-state index contributed by atoms with van der Waals surface area (Å²) >= 11 is 1.03. The van der Waals surface area contributed by atoms with E-state index in [-0.39, 0.29) is 22.6 Å². The van der Waals surface area contributed by atoms with Crippen molar-refractivity contribution >= 4 is 17.2 Å². The number of H-pyrrole nitrogens is 1. The number of aromatic hydroxyl groups is 1. The van der Waals surface area contributed by atoms with Gasteiger partial charge in [-0.1, -0.05) is 48.4 Å². The molecule has 1 fully saturated rings. The van der Waals surface area contributed by atoms with Crippen LogP contribution < -0.4 is 10.2 Å². The topological polar surface area (TPSA) is 82.2 Å². The Morgan fingerprint density at radius 1 is 1.21 bits per heavy atom. The molecule has 3 N–H and O–H groups in total. The maximum absolute atomic E-state index is 12.0. The molecule has 5 nitrogen and oxygen atoms in total. The fraction of sp³-hybridized carbons (Fsp3) is 0.444. The Balaban J connectivity index is 1.48. The van der Waals surface area contributed by atoms with E-state index in [1.165, 1.54) is 12.8 Å². The van der Waals surface area contributed by atoms with Crippen LogP contribution in [0.5, 0.6) is 5.88 Å². The van der Waals surface area contributed by atoms with Crippen LogP contribution in [0, 0.1) is 5.92 Å². The van der Waals surface area contributed by atoms with Crippen molar-refractivity contribution in [3.05, 3.63) is 49.9 Å². The fourth-order valence-corrected chi connectivity index (χ4v) is 3.90. The lowest BCUT2D eigenvalue weighted by atomic mass is 10.1. The number of carbonyl (C=O) groups is 1. The van der Waals surface area contributed by atoms with E-state index < -0.39 is 0 Å². The molecule has 1 aromatic carbocycles. The summed E-state index contributed by atoms with van der Waals surface area (Å²) in [5, 5.41) is 12.6. The van der Waals surface area contributed by atoms with Gasteiger partial charge >= 0.3 is 4.87 Å². The SMILES string of the molecule is O=C(NCCc1ccc(Cc2sc(=O)[nH]c2O)cc1)C1CCCC1. The Kier molecular flexibility index (Phi) is 5.35. The number of carbonyl (C=O) groups excluding carboxylic acids is 1. The Morgan fingerprint density at radius 2 is 1.88 bits per heavy atom. The lowest BCUT2D eigenvalue weighted by Gasteiger charge is -2.10. The highest BCUT2D eigenvalue weighted by molar-refractivity contribution is 7.09. The second kappa shape index (κ2) is 7.66. The first kappa shape index (κ1) is 16.8. The van der Waals surface area contributed by atoms with E-state index >= 15 is 0 Å². The Hall–Kier alpha value is -2.08. The molecule has 128 valence electrons. The number of aromatic amines is 1. The average Bonchev–Trinajstić information content (AvgIpc) is 3.19. The number of thiazole rings is 1. The molecule has 1 aliphatic carbocycles. The van der Waals surface area contributed by atoms with E-state index in [0.29, 0.717) is 17.8 Å². The molecule has 1 heterocycles. The maximum Gasteiger partial charge on any atom is 0.307 e. The second-order valence-electron chi connectivity index (χ2n) is 6.30. The number of benzene rings is 1. The normalized spacial score (nSPS) is 14.8. The molecule has 0 atom stereocenters. The molecule has 1 saturated carbocycles. The Bertz CT molecular complexity index is 742. The minimum atomic E-state index is -0.239. The molecule has 0 spiro atoms. The number of aromatic nitrogens is 1. The monoisotopic (exact) mass is 346 g/mol. The average molecular weight is 346 g/mol. The van der Waals surface area contributed by atoms with E-state index in [4.69, 9.17) is 0 Å². The zero-order valence-corrected chi connectivity index (χ0v) is 14.3. The standard InChI is InChI=1S/C18H22N2O3S/c21-16(14-3-1-2-4-14)19-10-9-12-5-7-13(8-6-12)11-15-17(22)20-18(23)24-15/h5-8,14,22H,1-4,9-11H2,(H,19,21)(H,20,23). The summed E-state index contributed by atoms with van der Waals surface area (Å²) in [6.45, 7) is 0.662. The quantitative estimate of drug-likeness (QED) is 0.752. The number of amides is 1. The number of rotatable bonds is 6. The van der Waals surface area contributed by atoms with Crippen LogP contribution in [0.4, 0.5) is 0 Å². The third-order valence-electron chi connectivity index (χ3n) is 4.53. The third-order valence-corrected chi connectivity index (χ3v) is 5.40. The smallest absolute Gasteiger partial charge is 0.307 e. The van der Waals surface area contributed by atoms with Crippen LogP contribution in [0.1, 0.15) is 41.7 Å². The van der Waals surface area contributed by atoms with E-state index in [1.54, 1.807) is 0 Å². The zero-order valence-electron chi connectivity index (χ0n) is 13.5. The van der Waals surface area contributed by atoms with Gasteiger partial charge in [0.2, 0.25) is 11.8 Å². The van der Waals surface area contributed by atoms with Gasteiger partial charge in [-0.15, -0.1) is 0 Å². The highest BCUT2D eigenvalue weighted by Gasteiger charge is 2.21. The van der Waals surface area contributed by atoms with Crippen LogP contribution in [0.3, 0.4) is 0 Å². The maximum atomic E-state index is 12.0. The summed E-state index contributed by atoms with van der Waals surface area (Å²) in [7, 11) is 0. The Morgan fingerprint density at radius 3 is 2.50 bits per heavy atom. The fourth-order valence-electron chi connectivity index (χ4n) is 3.14. The van der Waals surface area contributed by atoms with Gasteiger partial charge < -0.3 is 10.4 Å². The molecule has 24 heavy (non-hydrogen) atoms. The lowest BCUT2D eigenvalue weighted by molar-refractivity contribution is -0.124. The van der Waals surface area contributed by atoms with Crippen molar-refractivity contribution in [2.45, 2.75) is 38.5 Å². The molecule has 1 aliphatic rings. The molecule has 0 unspecified atom stereocenters. The summed E-state index contributed by atoms with van der Waals surface area (Å²) in [5.74, 6) is 0.374. The summed E-state index contributed by atoms with van der Waals surface area (Å²) < 4.78 is 0. The third kappa shape index (κ3) is 4.26. The molecule has 0 saturated heterocycles. The minimum Gasteiger partial charge on any atom is -0.494 e. The van der Waals surface area contributed by atoms with Crippen LogP contribution in [-0.4, -0.2) is 22.5 Å². The predicted octanol–water partition coefficient (Wildman–Crippen LogP) is 2.58. The molecule has 0 radical (unpaired) electrons. The van der Waals surface area contributed by atoms with Gasteiger partial charge in [0.15, 0.2) is 0 Å². The molecule has 6 heteroatoms. The van der Waals surface area contributed by atoms with Crippen LogP contribution >= 0.6 is 11.3 Å². The van der Waals surface area contributed by atoms with Crippen molar-refractivity contribution in [3.63, 3.8) is 0 Å². The Labute approximate surface area is 144 Å². The van der Waals surface area contributed by atoms with Crippen LogP contribution in [0.2, 0.25) is 0 Å². The van der Waals surface area contributed by atoms with Crippen LogP contribution in [-0.2, 0) is 17.6 Å². The largest absolute Gasteiger partial charge is 0.494 e. The number of nitrogens with one attached hydrogen (secondary N) is 2. The van der Waals surface area contributed by atoms with Crippen LogP contribution in [0.25, 0.3) is 0 Å². The van der Waals surface area contributed by atoms with Gasteiger partial charge in [-0.2, -0.15) is 0 Å². The number of hydrogen-bond acceptors (Lipinski definition) is 4. The molecule has 1 amide bonds. The van der Waals surface area contributed by atoms with Gasteiger partial charge in [0.1, 0.15) is 0 Å². The molecular formula is C18H22N2O3S. The van der Waals surface area contributed by atoms with Crippen molar-refractivity contribution in [3.8, 4) is 5.88 Å². The second-order valence-corrected chi connectivity index (χ2v) is 7.37. The van der Waals surface area contributed by atoms with E-state index in [2.05, 4.69) is 10.3 Å². The van der Waals surface area contributed by atoms with Gasteiger partial charge in [0.05, 0.1) is 4.88 Å². The van der Waals surface area contributed by atoms with Gasteiger partial charge in [-0.3, -0.25) is 14.6 Å². The van der Waals surface area contributed by atoms with Crippen molar-refractivity contribution in [2.24, 2.45) is 5.92 Å². The predicted molar refractivity (Wildman–Crippen MR) is 94.5 cm³/mol. The first-order valence-corrected chi connectivity index (χ1v) is 9.20. The molecule has 2 aromatic rings. The van der Waals surface area contributed by atoms with E-state index in [9.17, 15) is 14.7 Å². The van der Waals surface area contributed by atoms with Gasteiger partial charge in [0, 0.05) is 18.9 Å². The molecular weight excluding hydrogens is 324 g/mol. The zero-order chi connectivity index (χ0) is 16.9. The minimum absolute atomic E-state index is 0.0382. The summed E-state index contributed by atoms with van der Waals surface area (Å²) in [4.78, 5) is 25.9. The molecule has 0 aliphatic heterocycles. The highest BCUT2D eigenvalue weighted by Crippen LogP contribution is 2.24.